The van der Waals surface area contributed by atoms with Crippen molar-refractivity contribution in [1.82, 2.24) is 13.8 Å². The molecule has 54 heavy (non-hydrogen) atoms. The van der Waals surface area contributed by atoms with E-state index in [4.69, 9.17) is 21.3 Å². The maximum atomic E-state index is 14.5. The van der Waals surface area contributed by atoms with E-state index < -0.39 is 34.3 Å². The van der Waals surface area contributed by atoms with Crippen LogP contribution >= 0.6 is 11.6 Å². The molecule has 0 aliphatic carbocycles. The zero-order chi connectivity index (χ0) is 38.8. The second-order valence-electron chi connectivity index (χ2n) is 14.8. The predicted molar refractivity (Wildman–Crippen MR) is 210 cm³/mol. The fourth-order valence-corrected chi connectivity index (χ4v) is 8.38. The highest BCUT2D eigenvalue weighted by Crippen LogP contribution is 2.32. The van der Waals surface area contributed by atoms with Crippen LogP contribution < -0.4 is 0 Å². The van der Waals surface area contributed by atoms with Gasteiger partial charge in [-0.2, -0.15) is 9.57 Å². The zero-order valence-corrected chi connectivity index (χ0v) is 32.4. The van der Waals surface area contributed by atoms with Gasteiger partial charge in [-0.25, -0.2) is 22.8 Å². The first kappa shape index (κ1) is 38.4. The molecule has 6 rings (SSSR count). The normalized spacial score (nSPS) is 15.3. The van der Waals surface area contributed by atoms with E-state index in [0.717, 1.165) is 25.6 Å². The number of nitrogens with zero attached hydrogens (tertiary/aromatic N) is 5. The number of ether oxygens (including phenoxy) is 1. The number of carbonyl (C=O) groups is 2. The zero-order valence-electron chi connectivity index (χ0n) is 30.9. The Kier molecular flexibility index (Phi) is 11.1. The average Bonchev–Trinajstić information content (AvgIpc) is 3.51. The van der Waals surface area contributed by atoms with Gasteiger partial charge in [0.15, 0.2) is 5.03 Å². The number of carbonyl (C=O) groups excluding carboxylic acids is 2. The largest absolute Gasteiger partial charge is 0.443 e. The molecule has 1 aromatic heterocycles. The Morgan fingerprint density at radius 3 is 2.20 bits per heavy atom. The van der Waals surface area contributed by atoms with E-state index in [0.29, 0.717) is 33.8 Å². The van der Waals surface area contributed by atoms with E-state index in [1.807, 2.05) is 80.6 Å². The summed E-state index contributed by atoms with van der Waals surface area (Å²) in [7, 11) is -4.40. The quantitative estimate of drug-likeness (QED) is 0.139. The molecule has 1 atom stereocenters. The third-order valence-corrected chi connectivity index (χ3v) is 11.0. The van der Waals surface area contributed by atoms with Crippen LogP contribution in [0.15, 0.2) is 113 Å². The fourth-order valence-electron chi connectivity index (χ4n) is 6.62. The fraction of sp³-hybridized carbons (Fsp3) is 0.286. The Hall–Kier alpha value is -5.28. The Labute approximate surface area is 321 Å². The Morgan fingerprint density at radius 2 is 1.61 bits per heavy atom. The standard InChI is InChI=1S/C42H42ClN5O5S/c1-28(2)20-35-26-46(54(51,52)39-22-32-18-19-34(43)23-37(32)48(39)41(50)53-42(3,4)5)27-38(49)47(35)25-29-16-17-33(24-44)36(21-29)45-40(30-12-8-6-9-13-30)31-14-10-7-11-15-31/h6-19,21-23,28,35H,20,25-27H2,1-5H3/t35-/m0/s1. The lowest BCUT2D eigenvalue weighted by molar-refractivity contribution is -0.138. The van der Waals surface area contributed by atoms with Gasteiger partial charge in [-0.3, -0.25) is 4.79 Å². The highest BCUT2D eigenvalue weighted by molar-refractivity contribution is 7.89. The number of piperazine rings is 1. The summed E-state index contributed by atoms with van der Waals surface area (Å²) in [6.07, 6.45) is -0.348. The number of fused-ring (bicyclic) bond motifs is 1. The number of aliphatic imine (C=N–C) groups is 1. The molecule has 10 nitrogen and oxygen atoms in total. The number of rotatable bonds is 9. The number of benzene rings is 4. The summed E-state index contributed by atoms with van der Waals surface area (Å²) >= 11 is 6.28. The van der Waals surface area contributed by atoms with Crippen molar-refractivity contribution in [1.29, 1.82) is 5.26 Å². The van der Waals surface area contributed by atoms with Crippen molar-refractivity contribution in [3.63, 3.8) is 0 Å². The van der Waals surface area contributed by atoms with E-state index in [1.54, 1.807) is 49.9 Å². The van der Waals surface area contributed by atoms with Crippen molar-refractivity contribution < 1.29 is 22.7 Å². The van der Waals surface area contributed by atoms with E-state index in [2.05, 4.69) is 6.07 Å². The van der Waals surface area contributed by atoms with Crippen molar-refractivity contribution in [2.24, 2.45) is 10.9 Å². The smallest absolute Gasteiger partial charge is 0.420 e. The maximum Gasteiger partial charge on any atom is 0.420 e. The van der Waals surface area contributed by atoms with Crippen molar-refractivity contribution in [2.75, 3.05) is 13.1 Å². The summed E-state index contributed by atoms with van der Waals surface area (Å²) in [5.74, 6) is -0.258. The van der Waals surface area contributed by atoms with E-state index >= 15 is 0 Å². The molecule has 2 heterocycles. The molecule has 0 spiro atoms. The monoisotopic (exact) mass is 763 g/mol. The summed E-state index contributed by atoms with van der Waals surface area (Å²) in [5, 5.41) is 10.6. The summed E-state index contributed by atoms with van der Waals surface area (Å²) in [6, 6.07) is 32.7. The lowest BCUT2D eigenvalue weighted by Gasteiger charge is -2.41. The third-order valence-electron chi connectivity index (χ3n) is 9.01. The molecule has 1 aliphatic rings. The van der Waals surface area contributed by atoms with Crippen LogP contribution in [0.4, 0.5) is 10.5 Å². The summed E-state index contributed by atoms with van der Waals surface area (Å²) in [4.78, 5) is 34.3. The molecule has 0 N–H and O–H groups in total. The number of halogens is 1. The van der Waals surface area contributed by atoms with Crippen molar-refractivity contribution in [3.05, 3.63) is 130 Å². The van der Waals surface area contributed by atoms with Gasteiger partial charge in [0.05, 0.1) is 29.0 Å². The first-order valence-corrected chi connectivity index (χ1v) is 19.5. The first-order chi connectivity index (χ1) is 25.6. The molecule has 0 bridgehead atoms. The number of aromatic nitrogens is 1. The predicted octanol–water partition coefficient (Wildman–Crippen LogP) is 8.57. The number of nitriles is 1. The van der Waals surface area contributed by atoms with Crippen LogP contribution in [0.3, 0.4) is 0 Å². The van der Waals surface area contributed by atoms with Gasteiger partial charge in [-0.15, -0.1) is 0 Å². The second kappa shape index (κ2) is 15.6. The molecule has 1 saturated heterocycles. The van der Waals surface area contributed by atoms with Crippen molar-refractivity contribution >= 4 is 55.9 Å². The van der Waals surface area contributed by atoms with E-state index in [-0.39, 0.29) is 35.5 Å². The molecule has 5 aromatic rings. The Morgan fingerprint density at radius 1 is 0.963 bits per heavy atom. The van der Waals surface area contributed by atoms with Gasteiger partial charge in [-0.1, -0.05) is 98.2 Å². The highest BCUT2D eigenvalue weighted by atomic mass is 35.5. The van der Waals surface area contributed by atoms with Crippen LogP contribution in [-0.4, -0.2) is 64.6 Å². The minimum atomic E-state index is -4.40. The van der Waals surface area contributed by atoms with Gasteiger partial charge in [0, 0.05) is 40.7 Å². The number of hydrogen-bond acceptors (Lipinski definition) is 7. The molecule has 0 saturated carbocycles. The molecule has 278 valence electrons. The average molecular weight is 764 g/mol. The van der Waals surface area contributed by atoms with Crippen LogP contribution in [0.25, 0.3) is 10.9 Å². The lowest BCUT2D eigenvalue weighted by atomic mass is 9.99. The van der Waals surface area contributed by atoms with Crippen LogP contribution in [-0.2, 0) is 26.1 Å². The maximum absolute atomic E-state index is 14.5. The molecule has 1 fully saturated rings. The molecule has 0 unspecified atom stereocenters. The van der Waals surface area contributed by atoms with Gasteiger partial charge in [0.1, 0.15) is 11.7 Å². The van der Waals surface area contributed by atoms with Gasteiger partial charge in [-0.05, 0) is 69.0 Å². The lowest BCUT2D eigenvalue weighted by Crippen LogP contribution is -2.57. The van der Waals surface area contributed by atoms with Crippen LogP contribution in [0.1, 0.15) is 63.3 Å². The topological polar surface area (TPSA) is 125 Å². The van der Waals surface area contributed by atoms with E-state index in [9.17, 15) is 23.3 Å². The number of hydrogen-bond donors (Lipinski definition) is 0. The minimum Gasteiger partial charge on any atom is -0.443 e. The molecule has 4 aromatic carbocycles. The third kappa shape index (κ3) is 8.42. The second-order valence-corrected chi connectivity index (χ2v) is 17.1. The van der Waals surface area contributed by atoms with Crippen LogP contribution in [0.5, 0.6) is 0 Å². The summed E-state index contributed by atoms with van der Waals surface area (Å²) < 4.78 is 36.7. The molecule has 1 aliphatic heterocycles. The Bertz CT molecular complexity index is 2340. The molecular weight excluding hydrogens is 722 g/mol. The number of sulfonamides is 1. The van der Waals surface area contributed by atoms with Gasteiger partial charge < -0.3 is 9.64 Å². The molecular formula is C42H42ClN5O5S. The highest BCUT2D eigenvalue weighted by Gasteiger charge is 2.41. The SMILES string of the molecule is CC(C)C[C@H]1CN(S(=O)(=O)c2cc3ccc(Cl)cc3n2C(=O)OC(C)(C)C)CC(=O)N1Cc1ccc(C#N)c(N=C(c2ccccc2)c2ccccc2)c1. The van der Waals surface area contributed by atoms with E-state index in [1.165, 1.54) is 12.1 Å². The molecule has 12 heteroatoms. The van der Waals surface area contributed by atoms with Gasteiger partial charge in [0.2, 0.25) is 5.91 Å². The molecule has 1 amide bonds. The van der Waals surface area contributed by atoms with Gasteiger partial charge >= 0.3 is 6.09 Å². The summed E-state index contributed by atoms with van der Waals surface area (Å²) in [6.45, 7) is 8.88. The minimum absolute atomic E-state index is 0.0102. The van der Waals surface area contributed by atoms with Crippen LogP contribution in [0.2, 0.25) is 5.02 Å². The van der Waals surface area contributed by atoms with Crippen molar-refractivity contribution in [3.8, 4) is 6.07 Å². The first-order valence-electron chi connectivity index (χ1n) is 17.7. The molecule has 0 radical (unpaired) electrons. The van der Waals surface area contributed by atoms with Crippen molar-refractivity contribution in [2.45, 2.75) is 64.3 Å². The number of amides is 1. The van der Waals surface area contributed by atoms with Crippen LogP contribution in [0, 0.1) is 17.2 Å². The summed E-state index contributed by atoms with van der Waals surface area (Å²) in [5.41, 5.74) is 3.43. The van der Waals surface area contributed by atoms with Gasteiger partial charge in [0.25, 0.3) is 10.0 Å². The Balaban J connectivity index is 1.35.